The third-order valence-electron chi connectivity index (χ3n) is 6.29. The van der Waals surface area contributed by atoms with Gasteiger partial charge < -0.3 is 9.88 Å². The molecule has 0 unspecified atom stereocenters. The lowest BCUT2D eigenvalue weighted by atomic mass is 10.0. The minimum absolute atomic E-state index is 1.12. The van der Waals surface area contributed by atoms with Crippen LogP contribution in [0.15, 0.2) is 85.1 Å². The Bertz CT molecular complexity index is 1080. The zero-order valence-electron chi connectivity index (χ0n) is 17.4. The van der Waals surface area contributed by atoms with E-state index in [1.807, 2.05) is 0 Å². The Kier molecular flexibility index (Phi) is 5.54. The third kappa shape index (κ3) is 4.12. The van der Waals surface area contributed by atoms with Gasteiger partial charge in [-0.3, -0.25) is 4.90 Å². The lowest BCUT2D eigenvalue weighted by Crippen LogP contribution is -2.46. The summed E-state index contributed by atoms with van der Waals surface area (Å²) in [6, 6.07) is 28.2. The summed E-state index contributed by atoms with van der Waals surface area (Å²) in [6.45, 7) is 5.73. The van der Waals surface area contributed by atoms with Gasteiger partial charge in [-0.1, -0.05) is 54.6 Å². The maximum atomic E-state index is 3.46. The van der Waals surface area contributed by atoms with E-state index in [1.165, 1.54) is 46.2 Å². The molecule has 152 valence electrons. The van der Waals surface area contributed by atoms with Crippen molar-refractivity contribution in [2.45, 2.75) is 12.8 Å². The summed E-state index contributed by atoms with van der Waals surface area (Å²) in [6.07, 6.45) is 4.53. The van der Waals surface area contributed by atoms with Gasteiger partial charge in [-0.15, -0.1) is 0 Å². The van der Waals surface area contributed by atoms with Gasteiger partial charge in [-0.2, -0.15) is 0 Å². The molecule has 1 fully saturated rings. The van der Waals surface area contributed by atoms with E-state index in [4.69, 9.17) is 0 Å². The van der Waals surface area contributed by atoms with Crippen LogP contribution >= 0.6 is 0 Å². The Balaban J connectivity index is 1.18. The van der Waals surface area contributed by atoms with Crippen molar-refractivity contribution >= 4 is 16.6 Å². The first-order chi connectivity index (χ1) is 14.9. The largest absolute Gasteiger partial charge is 0.369 e. The Hall–Kier alpha value is -3.04. The topological polar surface area (TPSA) is 22.3 Å². The molecule has 30 heavy (non-hydrogen) atoms. The molecule has 0 atom stereocenters. The fourth-order valence-electron chi connectivity index (χ4n) is 4.56. The Labute approximate surface area is 179 Å². The molecular formula is C27H29N3. The number of para-hydroxylation sites is 1. The number of anilines is 1. The van der Waals surface area contributed by atoms with Gasteiger partial charge in [0.2, 0.25) is 0 Å². The van der Waals surface area contributed by atoms with Gasteiger partial charge in [0.1, 0.15) is 0 Å². The summed E-state index contributed by atoms with van der Waals surface area (Å²) in [5.41, 5.74) is 6.60. The van der Waals surface area contributed by atoms with Crippen molar-refractivity contribution in [3.63, 3.8) is 0 Å². The van der Waals surface area contributed by atoms with Gasteiger partial charge in [0.25, 0.3) is 0 Å². The minimum atomic E-state index is 1.12. The van der Waals surface area contributed by atoms with E-state index in [0.29, 0.717) is 0 Å². The number of benzene rings is 3. The first-order valence-corrected chi connectivity index (χ1v) is 11.0. The number of piperazine rings is 1. The number of aryl methyl sites for hydroxylation is 1. The third-order valence-corrected chi connectivity index (χ3v) is 6.29. The van der Waals surface area contributed by atoms with Crippen LogP contribution in [0.2, 0.25) is 0 Å². The molecule has 1 aliphatic heterocycles. The quantitative estimate of drug-likeness (QED) is 0.460. The molecule has 3 heteroatoms. The van der Waals surface area contributed by atoms with E-state index < -0.39 is 0 Å². The highest BCUT2D eigenvalue weighted by Crippen LogP contribution is 2.27. The molecule has 2 heterocycles. The van der Waals surface area contributed by atoms with Crippen LogP contribution in [0.25, 0.3) is 22.0 Å². The lowest BCUT2D eigenvalue weighted by Gasteiger charge is -2.36. The lowest BCUT2D eigenvalue weighted by molar-refractivity contribution is 0.255. The molecule has 0 spiro atoms. The predicted octanol–water partition coefficient (Wildman–Crippen LogP) is 5.59. The van der Waals surface area contributed by atoms with Crippen LogP contribution in [-0.4, -0.2) is 42.6 Å². The first kappa shape index (κ1) is 19.0. The summed E-state index contributed by atoms with van der Waals surface area (Å²) in [7, 11) is 0. The average molecular weight is 396 g/mol. The molecule has 0 bridgehead atoms. The van der Waals surface area contributed by atoms with Crippen molar-refractivity contribution in [1.82, 2.24) is 9.88 Å². The second-order valence-corrected chi connectivity index (χ2v) is 8.21. The van der Waals surface area contributed by atoms with E-state index in [1.54, 1.807) is 0 Å². The van der Waals surface area contributed by atoms with E-state index in [9.17, 15) is 0 Å². The van der Waals surface area contributed by atoms with Crippen LogP contribution in [0.3, 0.4) is 0 Å². The number of H-pyrrole nitrogens is 1. The van der Waals surface area contributed by atoms with Gasteiger partial charge in [0.05, 0.1) is 0 Å². The fraction of sp³-hybridized carbons (Fsp3) is 0.259. The maximum absolute atomic E-state index is 3.46. The molecule has 1 aliphatic rings. The molecule has 0 saturated carbocycles. The van der Waals surface area contributed by atoms with E-state index in [2.05, 4.69) is 99.8 Å². The smallest absolute Gasteiger partial charge is 0.0457 e. The van der Waals surface area contributed by atoms with Crippen molar-refractivity contribution in [3.05, 3.63) is 90.6 Å². The number of aromatic amines is 1. The van der Waals surface area contributed by atoms with E-state index in [0.717, 1.165) is 32.6 Å². The second-order valence-electron chi connectivity index (χ2n) is 8.21. The van der Waals surface area contributed by atoms with Gasteiger partial charge >= 0.3 is 0 Å². The van der Waals surface area contributed by atoms with Crippen LogP contribution < -0.4 is 4.90 Å². The van der Waals surface area contributed by atoms with Crippen molar-refractivity contribution in [2.75, 3.05) is 37.6 Å². The van der Waals surface area contributed by atoms with Gasteiger partial charge in [-0.25, -0.2) is 0 Å². The zero-order chi connectivity index (χ0) is 20.2. The number of aromatic nitrogens is 1. The molecule has 0 radical (unpaired) electrons. The van der Waals surface area contributed by atoms with Crippen molar-refractivity contribution < 1.29 is 0 Å². The molecule has 1 aromatic heterocycles. The second kappa shape index (κ2) is 8.76. The van der Waals surface area contributed by atoms with Gasteiger partial charge in [0.15, 0.2) is 0 Å². The highest BCUT2D eigenvalue weighted by Gasteiger charge is 2.16. The fourth-order valence-corrected chi connectivity index (χ4v) is 4.56. The number of rotatable bonds is 6. The minimum Gasteiger partial charge on any atom is -0.369 e. The summed E-state index contributed by atoms with van der Waals surface area (Å²) >= 11 is 0. The Morgan fingerprint density at radius 2 is 1.47 bits per heavy atom. The molecule has 3 nitrogen and oxygen atoms in total. The standard InChI is InChI=1S/C27H29N3/c1-3-8-22(9-4-1)23-13-14-27-26(20-23)24(21-28-27)10-7-15-29-16-18-30(19-17-29)25-11-5-2-6-12-25/h1-6,8-9,11-14,20-21,28H,7,10,15-19H2. The number of hydrogen-bond donors (Lipinski definition) is 1. The summed E-state index contributed by atoms with van der Waals surface area (Å²) < 4.78 is 0. The number of hydrogen-bond acceptors (Lipinski definition) is 2. The van der Waals surface area contributed by atoms with E-state index >= 15 is 0 Å². The molecule has 0 amide bonds. The maximum Gasteiger partial charge on any atom is 0.0457 e. The summed E-state index contributed by atoms with van der Waals surface area (Å²) in [5.74, 6) is 0. The molecule has 1 saturated heterocycles. The Morgan fingerprint density at radius 1 is 0.733 bits per heavy atom. The molecule has 3 aromatic carbocycles. The number of fused-ring (bicyclic) bond motifs is 1. The summed E-state index contributed by atoms with van der Waals surface area (Å²) in [4.78, 5) is 8.58. The van der Waals surface area contributed by atoms with Crippen LogP contribution in [-0.2, 0) is 6.42 Å². The molecular weight excluding hydrogens is 366 g/mol. The normalized spacial score (nSPS) is 15.0. The predicted molar refractivity (Wildman–Crippen MR) is 127 cm³/mol. The highest BCUT2D eigenvalue weighted by atomic mass is 15.3. The van der Waals surface area contributed by atoms with Crippen LogP contribution in [0.4, 0.5) is 5.69 Å². The number of nitrogens with zero attached hydrogens (tertiary/aromatic N) is 2. The monoisotopic (exact) mass is 395 g/mol. The van der Waals surface area contributed by atoms with Crippen LogP contribution in [0.1, 0.15) is 12.0 Å². The average Bonchev–Trinajstić information content (AvgIpc) is 3.23. The van der Waals surface area contributed by atoms with Crippen molar-refractivity contribution in [1.29, 1.82) is 0 Å². The first-order valence-electron chi connectivity index (χ1n) is 11.0. The van der Waals surface area contributed by atoms with Crippen molar-refractivity contribution in [2.24, 2.45) is 0 Å². The SMILES string of the molecule is c1ccc(-c2ccc3[nH]cc(CCCN4CCN(c5ccccc5)CC4)c3c2)cc1. The van der Waals surface area contributed by atoms with Crippen molar-refractivity contribution in [3.8, 4) is 11.1 Å². The van der Waals surface area contributed by atoms with Crippen LogP contribution in [0, 0.1) is 0 Å². The summed E-state index contributed by atoms with van der Waals surface area (Å²) in [5, 5.41) is 1.37. The van der Waals surface area contributed by atoms with Gasteiger partial charge in [-0.05, 0) is 60.3 Å². The highest BCUT2D eigenvalue weighted by molar-refractivity contribution is 5.88. The molecule has 4 aromatic rings. The van der Waals surface area contributed by atoms with Gasteiger partial charge in [0, 0.05) is 49.0 Å². The molecule has 0 aliphatic carbocycles. The molecule has 5 rings (SSSR count). The Morgan fingerprint density at radius 3 is 2.23 bits per heavy atom. The van der Waals surface area contributed by atoms with E-state index in [-0.39, 0.29) is 0 Å². The van der Waals surface area contributed by atoms with Crippen LogP contribution in [0.5, 0.6) is 0 Å². The zero-order valence-corrected chi connectivity index (χ0v) is 17.4. The number of nitrogens with one attached hydrogen (secondary N) is 1. The molecule has 1 N–H and O–H groups in total.